The zero-order valence-electron chi connectivity index (χ0n) is 15.7. The number of rotatable bonds is 5. The molecule has 1 N–H and O–H groups in total. The van der Waals surface area contributed by atoms with Crippen molar-refractivity contribution in [3.8, 4) is 0 Å². The molecule has 0 aromatic heterocycles. The maximum Gasteiger partial charge on any atom is 0.294 e. The Morgan fingerprint density at radius 2 is 1.90 bits per heavy atom. The van der Waals surface area contributed by atoms with Gasteiger partial charge in [-0.25, -0.2) is 0 Å². The average Bonchev–Trinajstić information content (AvgIpc) is 2.92. The molecule has 0 spiro atoms. The highest BCUT2D eigenvalue weighted by Gasteiger charge is 2.36. The highest BCUT2D eigenvalue weighted by atomic mass is 32.2. The fraction of sp³-hybridized carbons (Fsp3) is 0.150. The minimum Gasteiger partial charge on any atom is -0.325 e. The van der Waals surface area contributed by atoms with Gasteiger partial charge in [0.2, 0.25) is 5.91 Å². The summed E-state index contributed by atoms with van der Waals surface area (Å²) in [4.78, 5) is 48.5. The van der Waals surface area contributed by atoms with Gasteiger partial charge in [0.05, 0.1) is 15.4 Å². The summed E-state index contributed by atoms with van der Waals surface area (Å²) in [5.74, 6) is -1.17. The van der Waals surface area contributed by atoms with Crippen LogP contribution in [-0.2, 0) is 9.59 Å². The fourth-order valence-corrected chi connectivity index (χ4v) is 3.55. The number of thioether (sulfide) groups is 1. The Hall–Kier alpha value is -3.46. The minimum atomic E-state index is -0.659. The molecule has 8 nitrogen and oxygen atoms in total. The maximum atomic E-state index is 12.6. The summed E-state index contributed by atoms with van der Waals surface area (Å²) < 4.78 is 0. The van der Waals surface area contributed by atoms with E-state index in [1.54, 1.807) is 18.2 Å². The molecule has 0 radical (unpaired) electrons. The first-order valence-corrected chi connectivity index (χ1v) is 9.44. The molecule has 2 aromatic rings. The zero-order valence-corrected chi connectivity index (χ0v) is 16.5. The molecule has 0 saturated carbocycles. The lowest BCUT2D eigenvalue weighted by molar-refractivity contribution is -0.385. The van der Waals surface area contributed by atoms with Crippen molar-refractivity contribution in [1.82, 2.24) is 4.90 Å². The van der Waals surface area contributed by atoms with Crippen molar-refractivity contribution < 1.29 is 19.3 Å². The number of imide groups is 1. The number of carbonyl (C=O) groups is 3. The van der Waals surface area contributed by atoms with Gasteiger partial charge >= 0.3 is 0 Å². The molecule has 148 valence electrons. The lowest BCUT2D eigenvalue weighted by Gasteiger charge is -2.13. The van der Waals surface area contributed by atoms with Gasteiger partial charge in [0.15, 0.2) is 0 Å². The second-order valence-corrected chi connectivity index (χ2v) is 7.42. The number of aryl methyl sites for hydroxylation is 2. The second kappa shape index (κ2) is 8.27. The first kappa shape index (κ1) is 20.3. The highest BCUT2D eigenvalue weighted by molar-refractivity contribution is 8.18. The van der Waals surface area contributed by atoms with Gasteiger partial charge in [-0.1, -0.05) is 18.2 Å². The molecule has 1 aliphatic heterocycles. The van der Waals surface area contributed by atoms with E-state index in [0.717, 1.165) is 16.0 Å². The second-order valence-electron chi connectivity index (χ2n) is 6.43. The van der Waals surface area contributed by atoms with Gasteiger partial charge in [-0.2, -0.15) is 0 Å². The minimum absolute atomic E-state index is 0.0308. The molecule has 0 unspecified atom stereocenters. The lowest BCUT2D eigenvalue weighted by Crippen LogP contribution is -2.36. The van der Waals surface area contributed by atoms with Gasteiger partial charge in [0, 0.05) is 11.8 Å². The predicted octanol–water partition coefficient (Wildman–Crippen LogP) is 3.89. The highest BCUT2D eigenvalue weighted by Crippen LogP contribution is 2.33. The van der Waals surface area contributed by atoms with Gasteiger partial charge in [-0.3, -0.25) is 29.4 Å². The Morgan fingerprint density at radius 1 is 1.17 bits per heavy atom. The van der Waals surface area contributed by atoms with E-state index in [1.165, 1.54) is 24.3 Å². The average molecular weight is 411 g/mol. The number of nitrogens with one attached hydrogen (secondary N) is 1. The first-order chi connectivity index (χ1) is 13.8. The van der Waals surface area contributed by atoms with E-state index in [9.17, 15) is 24.5 Å². The topological polar surface area (TPSA) is 110 Å². The predicted molar refractivity (Wildman–Crippen MR) is 110 cm³/mol. The number of nitro groups is 1. The summed E-state index contributed by atoms with van der Waals surface area (Å²) in [6.45, 7) is 3.42. The molecule has 9 heteroatoms. The molecule has 1 fully saturated rings. The summed E-state index contributed by atoms with van der Waals surface area (Å²) in [6.07, 6.45) is 1.30. The van der Waals surface area contributed by atoms with Gasteiger partial charge in [0.1, 0.15) is 6.54 Å². The van der Waals surface area contributed by atoms with Crippen LogP contribution in [0.25, 0.3) is 6.08 Å². The fourth-order valence-electron chi connectivity index (χ4n) is 2.72. The van der Waals surface area contributed by atoms with Gasteiger partial charge in [-0.05, 0) is 61.0 Å². The molecule has 1 aliphatic rings. The van der Waals surface area contributed by atoms with E-state index >= 15 is 0 Å². The van der Waals surface area contributed by atoms with E-state index in [2.05, 4.69) is 5.32 Å². The van der Waals surface area contributed by atoms with Gasteiger partial charge in [-0.15, -0.1) is 0 Å². The molecule has 0 bridgehead atoms. The van der Waals surface area contributed by atoms with Crippen LogP contribution in [-0.4, -0.2) is 33.4 Å². The van der Waals surface area contributed by atoms with Crippen molar-refractivity contribution >= 4 is 46.3 Å². The molecule has 2 aromatic carbocycles. The van der Waals surface area contributed by atoms with Crippen LogP contribution < -0.4 is 5.32 Å². The third-order valence-corrected chi connectivity index (χ3v) is 5.29. The van der Waals surface area contributed by atoms with Crippen LogP contribution in [0.3, 0.4) is 0 Å². The van der Waals surface area contributed by atoms with Crippen LogP contribution in [0.15, 0.2) is 47.4 Å². The summed E-state index contributed by atoms with van der Waals surface area (Å²) in [5.41, 5.74) is 2.69. The monoisotopic (exact) mass is 411 g/mol. The SMILES string of the molecule is Cc1ccc(NC(=O)CN2C(=O)SC(=Cc3ccccc3[N+](=O)[O-])C2=O)cc1C. The number of para-hydroxylation sites is 1. The van der Waals surface area contributed by atoms with E-state index in [0.29, 0.717) is 17.4 Å². The van der Waals surface area contributed by atoms with Crippen molar-refractivity contribution in [1.29, 1.82) is 0 Å². The number of carbonyl (C=O) groups excluding carboxylic acids is 3. The van der Waals surface area contributed by atoms with Crippen molar-refractivity contribution in [2.24, 2.45) is 0 Å². The molecule has 0 aliphatic carbocycles. The lowest BCUT2D eigenvalue weighted by atomic mass is 10.1. The van der Waals surface area contributed by atoms with Crippen LogP contribution in [0.2, 0.25) is 0 Å². The molecule has 1 saturated heterocycles. The molecule has 1 heterocycles. The molecule has 29 heavy (non-hydrogen) atoms. The van der Waals surface area contributed by atoms with Crippen molar-refractivity contribution in [2.75, 3.05) is 11.9 Å². The molecule has 3 amide bonds. The van der Waals surface area contributed by atoms with Crippen molar-refractivity contribution in [3.05, 3.63) is 74.2 Å². The number of nitrogens with zero attached hydrogens (tertiary/aromatic N) is 2. The Labute approximate surface area is 170 Å². The quantitative estimate of drug-likeness (QED) is 0.454. The third kappa shape index (κ3) is 4.52. The van der Waals surface area contributed by atoms with Crippen LogP contribution in [0.5, 0.6) is 0 Å². The van der Waals surface area contributed by atoms with Crippen molar-refractivity contribution in [3.63, 3.8) is 0 Å². The number of benzene rings is 2. The van der Waals surface area contributed by atoms with E-state index < -0.39 is 28.5 Å². The number of hydrogen-bond acceptors (Lipinski definition) is 6. The Morgan fingerprint density at radius 3 is 2.59 bits per heavy atom. The molecular weight excluding hydrogens is 394 g/mol. The number of nitro benzene ring substituents is 1. The summed E-state index contributed by atoms with van der Waals surface area (Å²) >= 11 is 0.646. The number of amides is 3. The van der Waals surface area contributed by atoms with Gasteiger partial charge in [0.25, 0.3) is 16.8 Å². The van der Waals surface area contributed by atoms with Crippen LogP contribution in [0.1, 0.15) is 16.7 Å². The normalized spacial score (nSPS) is 15.1. The molecule has 3 rings (SSSR count). The Kier molecular flexibility index (Phi) is 5.79. The summed E-state index contributed by atoms with van der Waals surface area (Å²) in [6, 6.07) is 11.3. The maximum absolute atomic E-state index is 12.6. The van der Waals surface area contributed by atoms with Crippen LogP contribution in [0.4, 0.5) is 16.2 Å². The summed E-state index contributed by atoms with van der Waals surface area (Å²) in [7, 11) is 0. The van der Waals surface area contributed by atoms with E-state index in [4.69, 9.17) is 0 Å². The van der Waals surface area contributed by atoms with E-state index in [-0.39, 0.29) is 16.2 Å². The Balaban J connectivity index is 1.74. The largest absolute Gasteiger partial charge is 0.325 e. The number of hydrogen-bond donors (Lipinski definition) is 1. The number of anilines is 1. The first-order valence-electron chi connectivity index (χ1n) is 8.62. The van der Waals surface area contributed by atoms with E-state index in [1.807, 2.05) is 19.9 Å². The Bertz CT molecular complexity index is 1060. The van der Waals surface area contributed by atoms with Crippen LogP contribution >= 0.6 is 11.8 Å². The standard InChI is InChI=1S/C20H17N3O5S/c1-12-7-8-15(9-13(12)2)21-18(24)11-22-19(25)17(29-20(22)26)10-14-5-3-4-6-16(14)23(27)28/h3-10H,11H2,1-2H3,(H,21,24). The third-order valence-electron chi connectivity index (χ3n) is 4.39. The smallest absolute Gasteiger partial charge is 0.294 e. The molecular formula is C20H17N3O5S. The zero-order chi connectivity index (χ0) is 21.1. The molecule has 0 atom stereocenters. The summed E-state index contributed by atoms with van der Waals surface area (Å²) in [5, 5.41) is 13.2. The van der Waals surface area contributed by atoms with Crippen LogP contribution in [0, 0.1) is 24.0 Å². The van der Waals surface area contributed by atoms with Gasteiger partial charge < -0.3 is 5.32 Å². The van der Waals surface area contributed by atoms with Crippen molar-refractivity contribution in [2.45, 2.75) is 13.8 Å².